The Labute approximate surface area is 106 Å². The van der Waals surface area contributed by atoms with Gasteiger partial charge in [-0.15, -0.1) is 0 Å². The molecule has 1 heterocycles. The molecule has 0 N–H and O–H groups in total. The Morgan fingerprint density at radius 3 is 2.94 bits per heavy atom. The molecule has 0 saturated heterocycles. The van der Waals surface area contributed by atoms with E-state index in [-0.39, 0.29) is 5.15 Å². The number of methoxy groups -OCH3 is 1. The number of rotatable bonds is 1. The molecule has 2 aromatic rings. The van der Waals surface area contributed by atoms with E-state index in [9.17, 15) is 4.79 Å². The number of hydrogen-bond donors (Lipinski definition) is 0. The highest BCUT2D eigenvalue weighted by Crippen LogP contribution is 2.26. The lowest BCUT2D eigenvalue weighted by Crippen LogP contribution is -2.04. The fourth-order valence-electron chi connectivity index (χ4n) is 1.47. The lowest BCUT2D eigenvalue weighted by atomic mass is 10.1. The third kappa shape index (κ3) is 1.90. The van der Waals surface area contributed by atoms with Crippen LogP contribution in [0.15, 0.2) is 28.9 Å². The van der Waals surface area contributed by atoms with Gasteiger partial charge in [-0.1, -0.05) is 33.6 Å². The first kappa shape index (κ1) is 11.4. The van der Waals surface area contributed by atoms with E-state index in [1.807, 2.05) is 12.1 Å². The normalized spacial score (nSPS) is 10.4. The molecule has 0 bridgehead atoms. The van der Waals surface area contributed by atoms with Gasteiger partial charge < -0.3 is 4.74 Å². The van der Waals surface area contributed by atoms with Crippen molar-refractivity contribution in [2.75, 3.05) is 7.11 Å². The first-order valence-electron chi connectivity index (χ1n) is 4.45. The maximum Gasteiger partial charge on any atom is 0.341 e. The molecule has 5 heteroatoms. The van der Waals surface area contributed by atoms with Gasteiger partial charge in [0.15, 0.2) is 0 Å². The van der Waals surface area contributed by atoms with E-state index in [2.05, 4.69) is 25.7 Å². The minimum absolute atomic E-state index is 0.154. The van der Waals surface area contributed by atoms with Crippen LogP contribution >= 0.6 is 27.5 Å². The van der Waals surface area contributed by atoms with Gasteiger partial charge >= 0.3 is 5.97 Å². The van der Waals surface area contributed by atoms with Crippen molar-refractivity contribution >= 4 is 44.3 Å². The van der Waals surface area contributed by atoms with Gasteiger partial charge in [-0.2, -0.15) is 0 Å². The fourth-order valence-corrected chi connectivity index (χ4v) is 2.07. The van der Waals surface area contributed by atoms with E-state index in [1.165, 1.54) is 7.11 Å². The Morgan fingerprint density at radius 2 is 2.25 bits per heavy atom. The van der Waals surface area contributed by atoms with Crippen molar-refractivity contribution in [2.24, 2.45) is 0 Å². The maximum absolute atomic E-state index is 11.6. The molecule has 82 valence electrons. The quantitative estimate of drug-likeness (QED) is 0.598. The van der Waals surface area contributed by atoms with E-state index in [4.69, 9.17) is 11.6 Å². The predicted octanol–water partition coefficient (Wildman–Crippen LogP) is 3.44. The van der Waals surface area contributed by atoms with E-state index in [0.717, 1.165) is 15.2 Å². The zero-order chi connectivity index (χ0) is 11.7. The van der Waals surface area contributed by atoms with E-state index < -0.39 is 5.97 Å². The van der Waals surface area contributed by atoms with Crippen molar-refractivity contribution in [1.29, 1.82) is 0 Å². The van der Waals surface area contributed by atoms with Crippen molar-refractivity contribution in [2.45, 2.75) is 0 Å². The Balaban J connectivity index is 2.79. The Morgan fingerprint density at radius 1 is 1.50 bits per heavy atom. The van der Waals surface area contributed by atoms with Crippen LogP contribution in [-0.4, -0.2) is 18.1 Å². The van der Waals surface area contributed by atoms with Crippen molar-refractivity contribution in [3.8, 4) is 0 Å². The van der Waals surface area contributed by atoms with Crippen molar-refractivity contribution in [1.82, 2.24) is 4.98 Å². The van der Waals surface area contributed by atoms with E-state index in [0.29, 0.717) is 5.56 Å². The van der Waals surface area contributed by atoms with Crippen LogP contribution in [-0.2, 0) is 4.74 Å². The van der Waals surface area contributed by atoms with Crippen molar-refractivity contribution in [3.63, 3.8) is 0 Å². The lowest BCUT2D eigenvalue weighted by Gasteiger charge is -2.06. The van der Waals surface area contributed by atoms with Crippen LogP contribution in [0.25, 0.3) is 10.8 Å². The number of fused-ring (bicyclic) bond motifs is 1. The number of carbonyl (C=O) groups is 1. The molecule has 1 aromatic heterocycles. The van der Waals surface area contributed by atoms with Gasteiger partial charge in [-0.25, -0.2) is 9.78 Å². The monoisotopic (exact) mass is 299 g/mol. The van der Waals surface area contributed by atoms with Crippen LogP contribution < -0.4 is 0 Å². The molecule has 0 fully saturated rings. The molecule has 0 spiro atoms. The van der Waals surface area contributed by atoms with Gasteiger partial charge in [-0.05, 0) is 12.1 Å². The summed E-state index contributed by atoms with van der Waals surface area (Å²) in [5.41, 5.74) is 0.300. The summed E-state index contributed by atoms with van der Waals surface area (Å²) in [6.07, 6.45) is 1.62. The van der Waals surface area contributed by atoms with E-state index >= 15 is 0 Å². The minimum Gasteiger partial charge on any atom is -0.465 e. The Bertz CT molecular complexity index is 571. The molecule has 0 saturated carbocycles. The van der Waals surface area contributed by atoms with Gasteiger partial charge in [0.05, 0.1) is 7.11 Å². The molecule has 0 aliphatic heterocycles. The van der Waals surface area contributed by atoms with Crippen LogP contribution in [0.5, 0.6) is 0 Å². The smallest absolute Gasteiger partial charge is 0.341 e. The second-order valence-corrected chi connectivity index (χ2v) is 4.42. The molecule has 3 nitrogen and oxygen atoms in total. The van der Waals surface area contributed by atoms with Crippen LogP contribution in [0, 0.1) is 0 Å². The number of pyridine rings is 1. The van der Waals surface area contributed by atoms with Crippen LogP contribution in [0.4, 0.5) is 0 Å². The molecule has 16 heavy (non-hydrogen) atoms. The summed E-state index contributed by atoms with van der Waals surface area (Å²) in [6.45, 7) is 0. The summed E-state index contributed by atoms with van der Waals surface area (Å²) in [7, 11) is 1.32. The molecule has 0 unspecified atom stereocenters. The number of ether oxygens (including phenoxy) is 1. The molecular formula is C11H7BrClNO2. The standard InChI is InChI=1S/C11H7BrClNO2/c1-16-11(15)9-8-3-2-7(12)4-6(8)5-14-10(9)13/h2-5H,1H3. The number of nitrogens with zero attached hydrogens (tertiary/aromatic N) is 1. The van der Waals surface area contributed by atoms with Crippen LogP contribution in [0.1, 0.15) is 10.4 Å². The lowest BCUT2D eigenvalue weighted by molar-refractivity contribution is 0.0603. The summed E-state index contributed by atoms with van der Waals surface area (Å²) < 4.78 is 5.60. The minimum atomic E-state index is -0.481. The summed E-state index contributed by atoms with van der Waals surface area (Å²) in [5.74, 6) is -0.481. The first-order chi connectivity index (χ1) is 7.63. The number of halogens is 2. The van der Waals surface area contributed by atoms with Gasteiger partial charge in [0.25, 0.3) is 0 Å². The topological polar surface area (TPSA) is 39.2 Å². The highest BCUT2D eigenvalue weighted by atomic mass is 79.9. The number of esters is 1. The number of hydrogen-bond acceptors (Lipinski definition) is 3. The number of carbonyl (C=O) groups excluding carboxylic acids is 1. The summed E-state index contributed by atoms with van der Waals surface area (Å²) in [6, 6.07) is 5.51. The molecular weight excluding hydrogens is 293 g/mol. The molecule has 0 aliphatic rings. The van der Waals surface area contributed by atoms with Gasteiger partial charge in [0.2, 0.25) is 0 Å². The zero-order valence-corrected chi connectivity index (χ0v) is 10.7. The summed E-state index contributed by atoms with van der Waals surface area (Å²) in [5, 5.41) is 1.72. The van der Waals surface area contributed by atoms with Gasteiger partial charge in [0.1, 0.15) is 10.7 Å². The molecule has 0 amide bonds. The highest BCUT2D eigenvalue weighted by Gasteiger charge is 2.16. The molecule has 1 aromatic carbocycles. The maximum atomic E-state index is 11.6. The fraction of sp³-hybridized carbons (Fsp3) is 0.0909. The molecule has 2 rings (SSSR count). The van der Waals surface area contributed by atoms with Crippen LogP contribution in [0.3, 0.4) is 0 Å². The molecule has 0 radical (unpaired) electrons. The second kappa shape index (κ2) is 4.39. The summed E-state index contributed by atoms with van der Waals surface area (Å²) >= 11 is 9.25. The Kier molecular flexibility index (Phi) is 3.12. The summed E-state index contributed by atoms with van der Waals surface area (Å²) in [4.78, 5) is 15.5. The average Bonchev–Trinajstić information content (AvgIpc) is 2.28. The number of benzene rings is 1. The largest absolute Gasteiger partial charge is 0.465 e. The third-order valence-corrected chi connectivity index (χ3v) is 2.98. The predicted molar refractivity (Wildman–Crippen MR) is 65.8 cm³/mol. The average molecular weight is 301 g/mol. The van der Waals surface area contributed by atoms with Crippen LogP contribution in [0.2, 0.25) is 5.15 Å². The second-order valence-electron chi connectivity index (χ2n) is 3.15. The van der Waals surface area contributed by atoms with Gasteiger partial charge in [-0.3, -0.25) is 0 Å². The van der Waals surface area contributed by atoms with Gasteiger partial charge in [0, 0.05) is 21.4 Å². The van der Waals surface area contributed by atoms with Crippen molar-refractivity contribution in [3.05, 3.63) is 39.6 Å². The molecule has 0 atom stereocenters. The third-order valence-electron chi connectivity index (χ3n) is 2.20. The number of aromatic nitrogens is 1. The Hall–Kier alpha value is -1.13. The SMILES string of the molecule is COC(=O)c1c(Cl)ncc2cc(Br)ccc12. The van der Waals surface area contributed by atoms with Crippen molar-refractivity contribution < 1.29 is 9.53 Å². The molecule has 0 aliphatic carbocycles. The first-order valence-corrected chi connectivity index (χ1v) is 5.62. The van der Waals surface area contributed by atoms with E-state index in [1.54, 1.807) is 12.3 Å². The zero-order valence-electron chi connectivity index (χ0n) is 8.33. The highest BCUT2D eigenvalue weighted by molar-refractivity contribution is 9.10.